The van der Waals surface area contributed by atoms with Crippen LogP contribution in [0, 0.1) is 5.92 Å². The molecule has 1 aliphatic heterocycles. The topological polar surface area (TPSA) is 29.5 Å². The first-order valence-corrected chi connectivity index (χ1v) is 10.8. The van der Waals surface area contributed by atoms with Gasteiger partial charge in [-0.2, -0.15) is 0 Å². The van der Waals surface area contributed by atoms with Crippen LogP contribution in [0.4, 0.5) is 0 Å². The van der Waals surface area contributed by atoms with Gasteiger partial charge in [-0.15, -0.1) is 0 Å². The molecule has 3 atom stereocenters. The van der Waals surface area contributed by atoms with Crippen molar-refractivity contribution in [3.63, 3.8) is 0 Å². The molecule has 3 aromatic carbocycles. The molecule has 1 N–H and O–H groups in total. The van der Waals surface area contributed by atoms with Crippen LogP contribution in [-0.2, 0) is 19.5 Å². The normalized spacial score (nSPS) is 22.0. The van der Waals surface area contributed by atoms with Crippen LogP contribution in [0.3, 0.4) is 0 Å². The first-order valence-electron chi connectivity index (χ1n) is 10.8. The Morgan fingerprint density at radius 1 is 0.806 bits per heavy atom. The molecule has 1 aliphatic rings. The second kappa shape index (κ2) is 10.3. The zero-order valence-corrected chi connectivity index (χ0v) is 19.1. The van der Waals surface area contributed by atoms with E-state index >= 15 is 0 Å². The molecular formula is C27H32ClNO2. The van der Waals surface area contributed by atoms with Gasteiger partial charge in [-0.05, 0) is 17.7 Å². The molecule has 3 aromatic rings. The molecule has 31 heavy (non-hydrogen) atoms. The average molecular weight is 438 g/mol. The number of benzene rings is 3. The number of quaternary nitrogens is 1. The maximum absolute atomic E-state index is 11.3. The predicted octanol–water partition coefficient (Wildman–Crippen LogP) is 1.84. The molecule has 1 saturated heterocycles. The minimum atomic E-state index is -0.320. The third kappa shape index (κ3) is 5.30. The lowest BCUT2D eigenvalue weighted by atomic mass is 9.96. The summed E-state index contributed by atoms with van der Waals surface area (Å²) in [5.41, 5.74) is 3.90. The molecule has 4 rings (SSSR count). The third-order valence-corrected chi connectivity index (χ3v) is 6.62. The van der Waals surface area contributed by atoms with Crippen LogP contribution in [0.25, 0.3) is 0 Å². The van der Waals surface area contributed by atoms with Gasteiger partial charge in [0.15, 0.2) is 0 Å². The van der Waals surface area contributed by atoms with E-state index in [1.807, 2.05) is 12.1 Å². The second-order valence-corrected chi connectivity index (χ2v) is 8.78. The molecular weight excluding hydrogens is 406 g/mol. The van der Waals surface area contributed by atoms with Crippen molar-refractivity contribution in [1.82, 2.24) is 0 Å². The molecule has 0 amide bonds. The third-order valence-electron chi connectivity index (χ3n) is 6.62. The average Bonchev–Trinajstić information content (AvgIpc) is 2.99. The molecule has 0 bridgehead atoms. The molecule has 1 fully saturated rings. The van der Waals surface area contributed by atoms with Gasteiger partial charge < -0.3 is 26.7 Å². The quantitative estimate of drug-likeness (QED) is 0.571. The zero-order chi connectivity index (χ0) is 21.0. The van der Waals surface area contributed by atoms with Gasteiger partial charge in [0, 0.05) is 23.5 Å². The number of nitrogens with zero attached hydrogens (tertiary/aromatic N) is 1. The van der Waals surface area contributed by atoms with Gasteiger partial charge in [0.05, 0.1) is 13.7 Å². The van der Waals surface area contributed by atoms with E-state index in [1.165, 1.54) is 16.7 Å². The van der Waals surface area contributed by atoms with Crippen molar-refractivity contribution < 1.29 is 26.7 Å². The summed E-state index contributed by atoms with van der Waals surface area (Å²) in [6.45, 7) is 5.03. The summed E-state index contributed by atoms with van der Waals surface area (Å²) < 4.78 is 6.20. The fraction of sp³-hybridized carbons (Fsp3) is 0.333. The van der Waals surface area contributed by atoms with Crippen LogP contribution in [0.5, 0.6) is 5.75 Å². The van der Waals surface area contributed by atoms with Gasteiger partial charge in [0.2, 0.25) is 0 Å². The van der Waals surface area contributed by atoms with E-state index in [0.717, 1.165) is 36.3 Å². The number of aliphatic hydroxyl groups excluding tert-OH is 1. The largest absolute Gasteiger partial charge is 1.00 e. The lowest BCUT2D eigenvalue weighted by Crippen LogP contribution is -3.00. The van der Waals surface area contributed by atoms with E-state index in [0.29, 0.717) is 0 Å². The van der Waals surface area contributed by atoms with Crippen LogP contribution < -0.4 is 17.1 Å². The molecule has 0 radical (unpaired) electrons. The predicted molar refractivity (Wildman–Crippen MR) is 121 cm³/mol. The summed E-state index contributed by atoms with van der Waals surface area (Å²) in [5, 5.41) is 11.3. The van der Waals surface area contributed by atoms with Crippen molar-refractivity contribution in [3.8, 4) is 5.75 Å². The highest BCUT2D eigenvalue weighted by atomic mass is 35.5. The molecule has 4 heteroatoms. The highest BCUT2D eigenvalue weighted by Crippen LogP contribution is 2.38. The van der Waals surface area contributed by atoms with Crippen molar-refractivity contribution in [3.05, 3.63) is 102 Å². The van der Waals surface area contributed by atoms with E-state index in [-0.39, 0.29) is 30.5 Å². The van der Waals surface area contributed by atoms with E-state index in [1.54, 1.807) is 7.11 Å². The Bertz CT molecular complexity index is 889. The summed E-state index contributed by atoms with van der Waals surface area (Å²) in [6.07, 6.45) is 0.536. The molecule has 0 aliphatic carbocycles. The lowest BCUT2D eigenvalue weighted by molar-refractivity contribution is -0.966. The van der Waals surface area contributed by atoms with Crippen molar-refractivity contribution in [2.75, 3.05) is 13.7 Å². The first-order chi connectivity index (χ1) is 14.6. The fourth-order valence-electron chi connectivity index (χ4n) is 5.15. The van der Waals surface area contributed by atoms with Gasteiger partial charge in [-0.25, -0.2) is 0 Å². The first kappa shape index (κ1) is 23.3. The lowest BCUT2D eigenvalue weighted by Gasteiger charge is -2.41. The second-order valence-electron chi connectivity index (χ2n) is 8.78. The van der Waals surface area contributed by atoms with Crippen molar-refractivity contribution in [2.45, 2.75) is 38.6 Å². The minimum Gasteiger partial charge on any atom is -1.00 e. The van der Waals surface area contributed by atoms with Crippen LogP contribution in [0.15, 0.2) is 84.9 Å². The fourth-order valence-corrected chi connectivity index (χ4v) is 5.15. The number of hydrogen-bond acceptors (Lipinski definition) is 2. The number of methoxy groups -OCH3 is 1. The van der Waals surface area contributed by atoms with Crippen LogP contribution in [0.2, 0.25) is 0 Å². The van der Waals surface area contributed by atoms with Gasteiger partial charge >= 0.3 is 0 Å². The van der Waals surface area contributed by atoms with Crippen molar-refractivity contribution in [2.24, 2.45) is 5.92 Å². The number of hydrogen-bond donors (Lipinski definition) is 1. The van der Waals surface area contributed by atoms with E-state index in [9.17, 15) is 5.11 Å². The van der Waals surface area contributed by atoms with Gasteiger partial charge in [-0.1, -0.05) is 79.7 Å². The Morgan fingerprint density at radius 3 is 1.81 bits per heavy atom. The molecule has 0 saturated carbocycles. The highest BCUT2D eigenvalue weighted by Gasteiger charge is 2.51. The van der Waals surface area contributed by atoms with E-state index in [2.05, 4.69) is 79.7 Å². The Hall–Kier alpha value is -2.33. The summed E-state index contributed by atoms with van der Waals surface area (Å²) in [6, 6.07) is 29.9. The summed E-state index contributed by atoms with van der Waals surface area (Å²) in [4.78, 5) is 0. The van der Waals surface area contributed by atoms with Crippen molar-refractivity contribution in [1.29, 1.82) is 0 Å². The number of halogens is 1. The summed E-state index contributed by atoms with van der Waals surface area (Å²) in [5.74, 6) is 1.13. The molecule has 0 aromatic heterocycles. The Kier molecular flexibility index (Phi) is 7.77. The SMILES string of the molecule is COc1ccc(C[C@@H]2[C@H](O)[C@@H](C)C[N+]2(Cc2ccccc2)Cc2ccccc2)cc1.[Cl-]. The Labute approximate surface area is 192 Å². The maximum atomic E-state index is 11.3. The molecule has 0 spiro atoms. The minimum absolute atomic E-state index is 0. The Balaban J connectivity index is 0.00000272. The molecule has 3 nitrogen and oxygen atoms in total. The van der Waals surface area contributed by atoms with Crippen LogP contribution >= 0.6 is 0 Å². The smallest absolute Gasteiger partial charge is 0.120 e. The van der Waals surface area contributed by atoms with Gasteiger partial charge in [-0.3, -0.25) is 0 Å². The van der Waals surface area contributed by atoms with E-state index in [4.69, 9.17) is 4.74 Å². The zero-order valence-electron chi connectivity index (χ0n) is 18.3. The number of aliphatic hydroxyl groups is 1. The van der Waals surface area contributed by atoms with Crippen LogP contribution in [0.1, 0.15) is 23.6 Å². The van der Waals surface area contributed by atoms with E-state index < -0.39 is 0 Å². The molecule has 1 heterocycles. The van der Waals surface area contributed by atoms with Crippen molar-refractivity contribution >= 4 is 0 Å². The maximum Gasteiger partial charge on any atom is 0.120 e. The molecule has 164 valence electrons. The van der Waals surface area contributed by atoms with Gasteiger partial charge in [0.25, 0.3) is 0 Å². The number of rotatable bonds is 7. The number of likely N-dealkylation sites (tertiary alicyclic amines) is 1. The monoisotopic (exact) mass is 437 g/mol. The molecule has 0 unspecified atom stereocenters. The van der Waals surface area contributed by atoms with Crippen LogP contribution in [-0.4, -0.2) is 35.4 Å². The van der Waals surface area contributed by atoms with Gasteiger partial charge in [0.1, 0.15) is 31.0 Å². The number of ether oxygens (including phenoxy) is 1. The summed E-state index contributed by atoms with van der Waals surface area (Å²) >= 11 is 0. The highest BCUT2D eigenvalue weighted by molar-refractivity contribution is 5.28. The standard InChI is InChI=1S/C27H32NO2.ClH/c1-21-18-28(19-23-9-5-3-6-10-23,20-24-11-7-4-8-12-24)26(27(21)29)17-22-13-15-25(30-2)16-14-22;/h3-16,21,26-27,29H,17-20H2,1-2H3;1H/q+1;/p-1/t21-,26+,27+;/m0./s1. The summed E-state index contributed by atoms with van der Waals surface area (Å²) in [7, 11) is 1.69. The Morgan fingerprint density at radius 2 is 1.32 bits per heavy atom.